The molecule has 2 aromatic heterocycles. The lowest BCUT2D eigenvalue weighted by Gasteiger charge is -2.41. The molecule has 5 rings (SSSR count). The van der Waals surface area contributed by atoms with Crippen LogP contribution < -0.4 is 5.32 Å². The van der Waals surface area contributed by atoms with Crippen molar-refractivity contribution < 1.29 is 9.68 Å². The third kappa shape index (κ3) is 2.84. The molecule has 1 aliphatic carbocycles. The number of fused-ring (bicyclic) bond motifs is 2. The maximum absolute atomic E-state index is 9.88. The van der Waals surface area contributed by atoms with Crippen LogP contribution in [0.25, 0.3) is 11.1 Å². The van der Waals surface area contributed by atoms with Gasteiger partial charge < -0.3 is 10.4 Å². The zero-order chi connectivity index (χ0) is 19.5. The van der Waals surface area contributed by atoms with Crippen LogP contribution in [0.15, 0.2) is 34.5 Å². The monoisotopic (exact) mass is 378 g/mol. The Bertz CT molecular complexity index is 1070. The number of hydrogen-bond acceptors (Lipinski definition) is 6. The van der Waals surface area contributed by atoms with E-state index in [1.807, 2.05) is 42.5 Å². The van der Waals surface area contributed by atoms with Gasteiger partial charge in [0.25, 0.3) is 12.2 Å². The predicted octanol–water partition coefficient (Wildman–Crippen LogP) is 1.75. The van der Waals surface area contributed by atoms with Crippen molar-refractivity contribution in [1.82, 2.24) is 14.6 Å². The van der Waals surface area contributed by atoms with Gasteiger partial charge in [-0.05, 0) is 50.7 Å². The van der Waals surface area contributed by atoms with Gasteiger partial charge in [0.1, 0.15) is 0 Å². The van der Waals surface area contributed by atoms with Crippen molar-refractivity contribution in [1.29, 1.82) is 0 Å². The first-order chi connectivity index (χ1) is 13.4. The summed E-state index contributed by atoms with van der Waals surface area (Å²) in [6, 6.07) is 2.68. The Morgan fingerprint density at radius 3 is 2.93 bits per heavy atom. The van der Waals surface area contributed by atoms with Gasteiger partial charge in [0.15, 0.2) is 6.04 Å². The fourth-order valence-corrected chi connectivity index (χ4v) is 4.14. The largest absolute Gasteiger partial charge is 0.390 e. The van der Waals surface area contributed by atoms with Crippen molar-refractivity contribution in [3.63, 3.8) is 0 Å². The molecular weight excluding hydrogens is 354 g/mol. The van der Waals surface area contributed by atoms with Gasteiger partial charge in [-0.25, -0.2) is 19.1 Å². The third-order valence-electron chi connectivity index (χ3n) is 5.61. The SMILES string of the molecule is CC(C)[N+]1=CN=C2N=CC(c3ccn4nc(NC5CC(C)(O)C5)ncc34)=CC21. The lowest BCUT2D eigenvalue weighted by molar-refractivity contribution is -0.561. The molecule has 2 N–H and O–H groups in total. The quantitative estimate of drug-likeness (QED) is 0.793. The van der Waals surface area contributed by atoms with Crippen molar-refractivity contribution in [2.75, 3.05) is 5.32 Å². The average Bonchev–Trinajstić information content (AvgIpc) is 3.23. The van der Waals surface area contributed by atoms with Crippen LogP contribution in [0.2, 0.25) is 0 Å². The van der Waals surface area contributed by atoms with Gasteiger partial charge in [-0.1, -0.05) is 0 Å². The predicted molar refractivity (Wildman–Crippen MR) is 109 cm³/mol. The molecule has 0 amide bonds. The van der Waals surface area contributed by atoms with Crippen molar-refractivity contribution >= 4 is 35.4 Å². The molecular formula is C20H24N7O+. The Morgan fingerprint density at radius 2 is 2.18 bits per heavy atom. The number of aliphatic hydroxyl groups is 1. The first-order valence-corrected chi connectivity index (χ1v) is 9.68. The number of amidine groups is 1. The number of nitrogens with zero attached hydrogens (tertiary/aromatic N) is 6. The first kappa shape index (κ1) is 17.2. The maximum Gasteiger partial charge on any atom is 0.291 e. The van der Waals surface area contributed by atoms with E-state index < -0.39 is 5.60 Å². The van der Waals surface area contributed by atoms with Gasteiger partial charge >= 0.3 is 0 Å². The molecule has 1 saturated carbocycles. The Balaban J connectivity index is 1.41. The standard InChI is InChI=1S/C20H24N7O/c1-12(2)26-11-23-18-16(26)6-13(9-21-18)15-4-5-27-17(15)10-22-19(25-27)24-14-7-20(3,28)8-14/h4-6,9-12,14,16,28H,7-8H2,1-3H3,(H,24,25)/q+1. The Kier molecular flexibility index (Phi) is 3.74. The highest BCUT2D eigenvalue weighted by Crippen LogP contribution is 2.33. The second-order valence-electron chi connectivity index (χ2n) is 8.36. The van der Waals surface area contributed by atoms with Crippen molar-refractivity contribution in [3.8, 4) is 0 Å². The highest BCUT2D eigenvalue weighted by Gasteiger charge is 2.38. The number of nitrogens with one attached hydrogen (secondary N) is 1. The second-order valence-corrected chi connectivity index (χ2v) is 8.36. The summed E-state index contributed by atoms with van der Waals surface area (Å²) in [5.74, 6) is 1.41. The Labute approximate surface area is 163 Å². The maximum atomic E-state index is 9.88. The number of anilines is 1. The Morgan fingerprint density at radius 1 is 1.36 bits per heavy atom. The molecule has 1 atom stereocenters. The van der Waals surface area contributed by atoms with Crippen LogP contribution in [-0.2, 0) is 0 Å². The summed E-state index contributed by atoms with van der Waals surface area (Å²) in [5.41, 5.74) is 2.46. The summed E-state index contributed by atoms with van der Waals surface area (Å²) < 4.78 is 4.04. The molecule has 8 nitrogen and oxygen atoms in total. The van der Waals surface area contributed by atoms with Gasteiger partial charge in [-0.15, -0.1) is 5.10 Å². The van der Waals surface area contributed by atoms with E-state index in [-0.39, 0.29) is 12.1 Å². The summed E-state index contributed by atoms with van der Waals surface area (Å²) in [6.45, 7) is 6.16. The van der Waals surface area contributed by atoms with Crippen LogP contribution in [0.4, 0.5) is 5.95 Å². The molecule has 1 fully saturated rings. The van der Waals surface area contributed by atoms with Crippen LogP contribution in [0.3, 0.4) is 0 Å². The number of dihydropyridines is 1. The van der Waals surface area contributed by atoms with Crippen LogP contribution >= 0.6 is 0 Å². The molecule has 4 heterocycles. The number of hydrogen-bond donors (Lipinski definition) is 2. The van der Waals surface area contributed by atoms with E-state index in [4.69, 9.17) is 0 Å². The van der Waals surface area contributed by atoms with E-state index in [0.717, 1.165) is 22.5 Å². The molecule has 0 radical (unpaired) electrons. The number of aromatic nitrogens is 3. The molecule has 28 heavy (non-hydrogen) atoms. The van der Waals surface area contributed by atoms with Gasteiger partial charge in [-0.2, -0.15) is 0 Å². The minimum absolute atomic E-state index is 0.0724. The number of aliphatic imine (C=N–C) groups is 2. The van der Waals surface area contributed by atoms with Gasteiger partial charge in [0.2, 0.25) is 5.95 Å². The summed E-state index contributed by atoms with van der Waals surface area (Å²) in [7, 11) is 0. The molecule has 0 bridgehead atoms. The van der Waals surface area contributed by atoms with Crippen LogP contribution in [-0.4, -0.2) is 66.4 Å². The average molecular weight is 378 g/mol. The van der Waals surface area contributed by atoms with Crippen molar-refractivity contribution in [3.05, 3.63) is 30.1 Å². The van der Waals surface area contributed by atoms with Crippen LogP contribution in [0.1, 0.15) is 39.2 Å². The van der Waals surface area contributed by atoms with Gasteiger partial charge in [0.05, 0.1) is 23.4 Å². The minimum Gasteiger partial charge on any atom is -0.390 e. The molecule has 1 unspecified atom stereocenters. The van der Waals surface area contributed by atoms with E-state index in [0.29, 0.717) is 24.8 Å². The topological polar surface area (TPSA) is 90.2 Å². The fourth-order valence-electron chi connectivity index (χ4n) is 4.14. The molecule has 0 saturated heterocycles. The zero-order valence-corrected chi connectivity index (χ0v) is 16.2. The lowest BCUT2D eigenvalue weighted by atomic mass is 9.77. The van der Waals surface area contributed by atoms with Crippen LogP contribution in [0.5, 0.6) is 0 Å². The molecule has 2 aliphatic heterocycles. The normalized spacial score (nSPS) is 28.7. The molecule has 0 aromatic carbocycles. The summed E-state index contributed by atoms with van der Waals surface area (Å²) in [6.07, 6.45) is 11.1. The molecule has 144 valence electrons. The van der Waals surface area contributed by atoms with E-state index in [9.17, 15) is 5.11 Å². The Hall–Kier alpha value is -2.87. The van der Waals surface area contributed by atoms with E-state index in [2.05, 4.69) is 49.9 Å². The van der Waals surface area contributed by atoms with Crippen molar-refractivity contribution in [2.24, 2.45) is 9.98 Å². The first-order valence-electron chi connectivity index (χ1n) is 9.68. The fraction of sp³-hybridized carbons (Fsp3) is 0.450. The smallest absolute Gasteiger partial charge is 0.291 e. The third-order valence-corrected chi connectivity index (χ3v) is 5.61. The lowest BCUT2D eigenvalue weighted by Crippen LogP contribution is -2.48. The second kappa shape index (κ2) is 6.07. The van der Waals surface area contributed by atoms with Crippen molar-refractivity contribution in [2.45, 2.75) is 57.3 Å². The van der Waals surface area contributed by atoms with Gasteiger partial charge in [-0.3, -0.25) is 0 Å². The number of allylic oxidation sites excluding steroid dienone is 1. The van der Waals surface area contributed by atoms with Gasteiger partial charge in [0, 0.05) is 29.6 Å². The van der Waals surface area contributed by atoms with E-state index in [1.165, 1.54) is 0 Å². The summed E-state index contributed by atoms with van der Waals surface area (Å²) >= 11 is 0. The molecule has 3 aliphatic rings. The molecule has 0 spiro atoms. The number of rotatable bonds is 4. The van der Waals surface area contributed by atoms with E-state index in [1.54, 1.807) is 0 Å². The minimum atomic E-state index is -0.571. The molecule has 2 aromatic rings. The zero-order valence-electron chi connectivity index (χ0n) is 16.2. The summed E-state index contributed by atoms with van der Waals surface area (Å²) in [5, 5.41) is 17.7. The highest BCUT2D eigenvalue weighted by molar-refractivity contribution is 6.20. The van der Waals surface area contributed by atoms with E-state index >= 15 is 0 Å². The highest BCUT2D eigenvalue weighted by atomic mass is 16.3. The molecule has 8 heteroatoms. The summed E-state index contributed by atoms with van der Waals surface area (Å²) in [4.78, 5) is 13.5. The van der Waals surface area contributed by atoms with Crippen LogP contribution in [0, 0.1) is 0 Å².